The lowest BCUT2D eigenvalue weighted by molar-refractivity contribution is -0.139. The molecule has 2 aliphatic rings. The Kier molecular flexibility index (Phi) is 6.57. The van der Waals surface area contributed by atoms with E-state index in [-0.39, 0.29) is 31.3 Å². The first-order valence-electron chi connectivity index (χ1n) is 10.1. The quantitative estimate of drug-likeness (QED) is 0.660. The number of aliphatic carboxylic acids is 1. The van der Waals surface area contributed by atoms with Gasteiger partial charge in [-0.3, -0.25) is 9.69 Å². The number of piperidine rings is 1. The average Bonchev–Trinajstić information content (AvgIpc) is 2.69. The molecule has 28 heavy (non-hydrogen) atoms. The van der Waals surface area contributed by atoms with Gasteiger partial charge in [-0.2, -0.15) is 0 Å². The number of carbonyl (C=O) groups is 2. The summed E-state index contributed by atoms with van der Waals surface area (Å²) in [5, 5.41) is 22.2. The van der Waals surface area contributed by atoms with Gasteiger partial charge in [0.05, 0.1) is 13.2 Å². The third-order valence-electron chi connectivity index (χ3n) is 6.25. The lowest BCUT2D eigenvalue weighted by Gasteiger charge is -2.45. The number of nitrogens with zero attached hydrogens (tertiary/aromatic N) is 2. The zero-order valence-electron chi connectivity index (χ0n) is 16.5. The lowest BCUT2D eigenvalue weighted by atomic mass is 9.75. The van der Waals surface area contributed by atoms with E-state index in [1.54, 1.807) is 0 Å². The van der Waals surface area contributed by atoms with Crippen LogP contribution in [0.25, 0.3) is 0 Å². The third kappa shape index (κ3) is 4.47. The number of benzene rings is 1. The monoisotopic (exact) mass is 389 g/mol. The van der Waals surface area contributed by atoms with Crippen LogP contribution in [0.1, 0.15) is 38.2 Å². The zero-order chi connectivity index (χ0) is 20.1. The molecule has 1 saturated carbocycles. The van der Waals surface area contributed by atoms with Gasteiger partial charge in [0.15, 0.2) is 0 Å². The molecule has 3 rings (SSSR count). The minimum Gasteiger partial charge on any atom is -0.480 e. The van der Waals surface area contributed by atoms with Crippen molar-refractivity contribution in [3.05, 3.63) is 35.9 Å². The van der Waals surface area contributed by atoms with Gasteiger partial charge in [0.2, 0.25) is 0 Å². The normalized spacial score (nSPS) is 27.3. The number of hydrogen-bond donors (Lipinski definition) is 3. The van der Waals surface area contributed by atoms with Crippen LogP contribution < -0.4 is 5.32 Å². The molecular formula is C21H31N3O4. The van der Waals surface area contributed by atoms with Gasteiger partial charge >= 0.3 is 12.0 Å². The summed E-state index contributed by atoms with van der Waals surface area (Å²) >= 11 is 0. The number of carbonyl (C=O) groups excluding carboxylic acids is 1. The second kappa shape index (κ2) is 8.92. The summed E-state index contributed by atoms with van der Waals surface area (Å²) in [7, 11) is 0. The smallest absolute Gasteiger partial charge is 0.317 e. The Morgan fingerprint density at radius 1 is 1.29 bits per heavy atom. The summed E-state index contributed by atoms with van der Waals surface area (Å²) in [6.45, 7) is 3.92. The van der Waals surface area contributed by atoms with Gasteiger partial charge in [-0.15, -0.1) is 0 Å². The number of aliphatic hydroxyl groups excluding tert-OH is 1. The Bertz CT molecular complexity index is 677. The highest BCUT2D eigenvalue weighted by molar-refractivity contribution is 5.75. The second-order valence-corrected chi connectivity index (χ2v) is 8.06. The van der Waals surface area contributed by atoms with Crippen molar-refractivity contribution in [2.45, 2.75) is 50.1 Å². The van der Waals surface area contributed by atoms with E-state index in [4.69, 9.17) is 5.11 Å². The van der Waals surface area contributed by atoms with Crippen LogP contribution in [0.4, 0.5) is 4.79 Å². The maximum Gasteiger partial charge on any atom is 0.317 e. The predicted octanol–water partition coefficient (Wildman–Crippen LogP) is 1.66. The van der Waals surface area contributed by atoms with Crippen LogP contribution in [0, 0.1) is 0 Å². The number of likely N-dealkylation sites (tertiary alicyclic amines) is 1. The number of amides is 2. The molecule has 2 amide bonds. The van der Waals surface area contributed by atoms with E-state index in [1.807, 2.05) is 47.1 Å². The third-order valence-corrected chi connectivity index (χ3v) is 6.25. The molecule has 0 spiro atoms. The van der Waals surface area contributed by atoms with Crippen LogP contribution in [0.2, 0.25) is 0 Å². The van der Waals surface area contributed by atoms with Gasteiger partial charge in [-0.05, 0) is 37.8 Å². The first-order valence-corrected chi connectivity index (χ1v) is 10.1. The molecular weight excluding hydrogens is 358 g/mol. The van der Waals surface area contributed by atoms with Gasteiger partial charge in [-0.1, -0.05) is 37.3 Å². The summed E-state index contributed by atoms with van der Waals surface area (Å²) in [5.74, 6) is -0.816. The highest BCUT2D eigenvalue weighted by Crippen LogP contribution is 2.34. The van der Waals surface area contributed by atoms with Crippen LogP contribution in [0.15, 0.2) is 30.3 Å². The summed E-state index contributed by atoms with van der Waals surface area (Å²) in [5.41, 5.74) is 0.672. The van der Waals surface area contributed by atoms with Crippen LogP contribution >= 0.6 is 0 Å². The highest BCUT2D eigenvalue weighted by Gasteiger charge is 2.40. The first-order chi connectivity index (χ1) is 13.5. The number of hydrogen-bond acceptors (Lipinski definition) is 4. The van der Waals surface area contributed by atoms with Crippen molar-refractivity contribution in [1.29, 1.82) is 0 Å². The molecule has 0 aromatic heterocycles. The molecule has 2 fully saturated rings. The van der Waals surface area contributed by atoms with Crippen molar-refractivity contribution < 1.29 is 19.8 Å². The van der Waals surface area contributed by atoms with E-state index >= 15 is 0 Å². The topological polar surface area (TPSA) is 93.1 Å². The number of carboxylic acid groups (broad SMARTS) is 1. The summed E-state index contributed by atoms with van der Waals surface area (Å²) in [6.07, 6.45) is 3.29. The first kappa shape index (κ1) is 20.6. The van der Waals surface area contributed by atoms with E-state index in [2.05, 4.69) is 5.32 Å². The highest BCUT2D eigenvalue weighted by atomic mass is 16.4. The van der Waals surface area contributed by atoms with E-state index in [9.17, 15) is 14.7 Å². The van der Waals surface area contributed by atoms with Crippen molar-refractivity contribution in [3.8, 4) is 0 Å². The van der Waals surface area contributed by atoms with E-state index < -0.39 is 11.4 Å². The molecule has 7 nitrogen and oxygen atoms in total. The van der Waals surface area contributed by atoms with Crippen molar-refractivity contribution in [2.24, 2.45) is 0 Å². The number of carboxylic acids is 1. The number of likely N-dealkylation sites (N-methyl/N-ethyl adjacent to an activating group) is 1. The van der Waals surface area contributed by atoms with E-state index in [0.29, 0.717) is 19.6 Å². The Morgan fingerprint density at radius 3 is 2.61 bits per heavy atom. The lowest BCUT2D eigenvalue weighted by Crippen LogP contribution is -2.59. The van der Waals surface area contributed by atoms with Gasteiger partial charge in [-0.25, -0.2) is 4.79 Å². The Hall–Kier alpha value is -2.12. The summed E-state index contributed by atoms with van der Waals surface area (Å²) in [4.78, 5) is 27.5. The SMILES string of the molecule is CCN(CC(=O)O)C1CC(NC(=O)N2CCCC(CO)(c3ccccc3)C2)C1. The Morgan fingerprint density at radius 2 is 2.00 bits per heavy atom. The molecule has 1 atom stereocenters. The van der Waals surface area contributed by atoms with Gasteiger partial charge in [0.1, 0.15) is 0 Å². The molecule has 1 saturated heterocycles. The summed E-state index contributed by atoms with van der Waals surface area (Å²) < 4.78 is 0. The predicted molar refractivity (Wildman–Crippen MR) is 106 cm³/mol. The van der Waals surface area contributed by atoms with E-state index in [0.717, 1.165) is 31.2 Å². The fourth-order valence-electron chi connectivity index (χ4n) is 4.50. The van der Waals surface area contributed by atoms with Gasteiger partial charge in [0.25, 0.3) is 0 Å². The minimum absolute atomic E-state index is 0.0208. The Balaban J connectivity index is 1.55. The second-order valence-electron chi connectivity index (χ2n) is 8.06. The number of aliphatic hydroxyl groups is 1. The minimum atomic E-state index is -0.816. The number of rotatable bonds is 7. The van der Waals surface area contributed by atoms with Crippen LogP contribution in [0.3, 0.4) is 0 Å². The molecule has 0 bridgehead atoms. The maximum atomic E-state index is 12.8. The van der Waals surface area contributed by atoms with Crippen molar-refractivity contribution in [3.63, 3.8) is 0 Å². The van der Waals surface area contributed by atoms with Crippen LogP contribution in [-0.4, -0.2) is 76.9 Å². The zero-order valence-corrected chi connectivity index (χ0v) is 16.5. The molecule has 7 heteroatoms. The van der Waals surface area contributed by atoms with E-state index in [1.165, 1.54) is 0 Å². The summed E-state index contributed by atoms with van der Waals surface area (Å²) in [6, 6.07) is 10.2. The van der Waals surface area contributed by atoms with Crippen molar-refractivity contribution in [2.75, 3.05) is 32.8 Å². The molecule has 1 aromatic rings. The molecule has 0 radical (unpaired) electrons. The fourth-order valence-corrected chi connectivity index (χ4v) is 4.50. The number of nitrogens with one attached hydrogen (secondary N) is 1. The van der Waals surface area contributed by atoms with Crippen LogP contribution in [-0.2, 0) is 10.2 Å². The molecule has 1 unspecified atom stereocenters. The molecule has 1 aliphatic heterocycles. The van der Waals surface area contributed by atoms with Crippen molar-refractivity contribution >= 4 is 12.0 Å². The van der Waals surface area contributed by atoms with Gasteiger partial charge in [0, 0.05) is 30.6 Å². The molecule has 1 aliphatic carbocycles. The molecule has 1 aromatic carbocycles. The molecule has 1 heterocycles. The number of urea groups is 1. The molecule has 154 valence electrons. The van der Waals surface area contributed by atoms with Crippen molar-refractivity contribution in [1.82, 2.24) is 15.1 Å². The largest absolute Gasteiger partial charge is 0.480 e. The Labute approximate surface area is 166 Å². The standard InChI is InChI=1S/C21H31N3O4/c1-2-23(13-19(26)27)18-11-17(12-18)22-20(28)24-10-6-9-21(14-24,15-25)16-7-4-3-5-8-16/h3-5,7-8,17-18,25H,2,6,9-15H2,1H3,(H,22,28)(H,26,27). The average molecular weight is 389 g/mol. The maximum absolute atomic E-state index is 12.8. The molecule has 3 N–H and O–H groups in total. The van der Waals surface area contributed by atoms with Gasteiger partial charge < -0.3 is 20.4 Å². The van der Waals surface area contributed by atoms with Crippen LogP contribution in [0.5, 0.6) is 0 Å². The fraction of sp³-hybridized carbons (Fsp3) is 0.619.